The monoisotopic (exact) mass is 330 g/mol. The summed E-state index contributed by atoms with van der Waals surface area (Å²) in [4.78, 5) is 0. The number of hydrogen-bond acceptors (Lipinski definition) is 4. The molecule has 1 N–H and O–H groups in total. The van der Waals surface area contributed by atoms with Crippen molar-refractivity contribution in [1.29, 1.82) is 0 Å². The van der Waals surface area contributed by atoms with Gasteiger partial charge in [-0.25, -0.2) is 0 Å². The number of rotatable bonds is 4. The van der Waals surface area contributed by atoms with Gasteiger partial charge in [-0.1, -0.05) is 0 Å². The molecule has 2 heterocycles. The van der Waals surface area contributed by atoms with Gasteiger partial charge in [-0.3, -0.25) is 0 Å². The van der Waals surface area contributed by atoms with Crippen LogP contribution in [0, 0.1) is 0 Å². The summed E-state index contributed by atoms with van der Waals surface area (Å²) in [6.45, 7) is 5.02. The van der Waals surface area contributed by atoms with E-state index < -0.39 is 7.36 Å². The molecule has 0 unspecified atom stereocenters. The standard InChI is InChI=1S/C18H23N2O2P/c1-2-3-14-20-15-13-19-23(20,16-9-5-4-6-10-16)21-17-11-7-8-12-18(17)22-23/h4-12,19H,2-3,13-15H2,1H3. The van der Waals surface area contributed by atoms with Crippen LogP contribution >= 0.6 is 7.36 Å². The van der Waals surface area contributed by atoms with Crippen molar-refractivity contribution in [3.05, 3.63) is 54.6 Å². The Kier molecular flexibility index (Phi) is 3.56. The van der Waals surface area contributed by atoms with Crippen LogP contribution in [-0.2, 0) is 0 Å². The molecule has 0 aromatic heterocycles. The first-order valence-corrected chi connectivity index (χ1v) is 10.4. The quantitative estimate of drug-likeness (QED) is 0.867. The Balaban J connectivity index is 1.86. The van der Waals surface area contributed by atoms with Gasteiger partial charge in [-0.2, -0.15) is 0 Å². The SMILES string of the molecule is CCCCN1CCNP12(c1ccccc1)Oc1ccccc1O2. The van der Waals surface area contributed by atoms with E-state index in [9.17, 15) is 0 Å². The number of benzene rings is 2. The third-order valence-electron chi connectivity index (χ3n) is 4.64. The van der Waals surface area contributed by atoms with Gasteiger partial charge in [-0.05, 0) is 0 Å². The van der Waals surface area contributed by atoms with Crippen LogP contribution in [0.5, 0.6) is 11.5 Å². The summed E-state index contributed by atoms with van der Waals surface area (Å²) in [6.07, 6.45) is 2.29. The fourth-order valence-corrected chi connectivity index (χ4v) is 8.02. The number of nitrogens with one attached hydrogen (secondary N) is 1. The minimum atomic E-state index is -3.28. The van der Waals surface area contributed by atoms with Crippen LogP contribution in [-0.4, -0.2) is 24.3 Å². The van der Waals surface area contributed by atoms with Crippen LogP contribution in [0.4, 0.5) is 0 Å². The van der Waals surface area contributed by atoms with Crippen molar-refractivity contribution in [2.45, 2.75) is 19.8 Å². The first-order chi connectivity index (χ1) is 11.3. The Morgan fingerprint density at radius 3 is 2.30 bits per heavy atom. The molecule has 122 valence electrons. The maximum atomic E-state index is 6.66. The molecule has 2 aliphatic rings. The molecule has 0 radical (unpaired) electrons. The molecular formula is C18H23N2O2P. The van der Waals surface area contributed by atoms with Crippen LogP contribution in [0.2, 0.25) is 0 Å². The molecule has 0 bridgehead atoms. The number of unbranched alkanes of at least 4 members (excludes halogenated alkanes) is 1. The third-order valence-corrected chi connectivity index (χ3v) is 9.13. The van der Waals surface area contributed by atoms with Gasteiger partial charge in [0, 0.05) is 0 Å². The molecule has 5 heteroatoms. The van der Waals surface area contributed by atoms with Crippen LogP contribution in [0.3, 0.4) is 0 Å². The molecule has 23 heavy (non-hydrogen) atoms. The Labute approximate surface area is 137 Å². The molecule has 1 saturated heterocycles. The Bertz CT molecular complexity index is 682. The Morgan fingerprint density at radius 1 is 1.00 bits per heavy atom. The molecular weight excluding hydrogens is 307 g/mol. The van der Waals surface area contributed by atoms with Gasteiger partial charge in [0.2, 0.25) is 0 Å². The fraction of sp³-hybridized carbons (Fsp3) is 0.333. The average Bonchev–Trinajstić information content (AvgIpc) is 3.14. The number of fused-ring (bicyclic) bond motifs is 1. The molecule has 0 atom stereocenters. The van der Waals surface area contributed by atoms with Crippen molar-refractivity contribution in [2.24, 2.45) is 0 Å². The van der Waals surface area contributed by atoms with Gasteiger partial charge in [0.1, 0.15) is 0 Å². The minimum absolute atomic E-state index is 0.838. The van der Waals surface area contributed by atoms with E-state index in [1.807, 2.05) is 30.3 Å². The van der Waals surface area contributed by atoms with Gasteiger partial charge < -0.3 is 0 Å². The van der Waals surface area contributed by atoms with Crippen LogP contribution in [0.15, 0.2) is 54.6 Å². The van der Waals surface area contributed by atoms with E-state index in [0.29, 0.717) is 0 Å². The summed E-state index contributed by atoms with van der Waals surface area (Å²) < 4.78 is 15.7. The molecule has 0 saturated carbocycles. The van der Waals surface area contributed by atoms with E-state index in [1.54, 1.807) is 0 Å². The van der Waals surface area contributed by atoms with E-state index >= 15 is 0 Å². The van der Waals surface area contributed by atoms with Gasteiger partial charge in [0.05, 0.1) is 0 Å². The van der Waals surface area contributed by atoms with Crippen molar-refractivity contribution in [3.8, 4) is 11.5 Å². The van der Waals surface area contributed by atoms with Crippen LogP contribution in [0.25, 0.3) is 0 Å². The van der Waals surface area contributed by atoms with E-state index in [-0.39, 0.29) is 0 Å². The summed E-state index contributed by atoms with van der Waals surface area (Å²) in [7, 11) is -3.28. The third kappa shape index (κ3) is 2.09. The zero-order valence-corrected chi connectivity index (χ0v) is 14.3. The average molecular weight is 330 g/mol. The summed E-state index contributed by atoms with van der Waals surface area (Å²) in [5.74, 6) is 1.68. The van der Waals surface area contributed by atoms with Crippen molar-refractivity contribution in [2.75, 3.05) is 19.6 Å². The summed E-state index contributed by atoms with van der Waals surface area (Å²) in [5.41, 5.74) is 0. The molecule has 2 aliphatic heterocycles. The topological polar surface area (TPSA) is 33.7 Å². The first kappa shape index (κ1) is 14.9. The van der Waals surface area contributed by atoms with Gasteiger partial charge in [-0.15, -0.1) is 0 Å². The predicted octanol–water partition coefficient (Wildman–Crippen LogP) is 3.70. The fourth-order valence-electron chi connectivity index (χ4n) is 3.51. The van der Waals surface area contributed by atoms with Crippen LogP contribution in [0.1, 0.15) is 19.8 Å². The molecule has 4 rings (SSSR count). The molecule has 0 aliphatic carbocycles. The van der Waals surface area contributed by atoms with Gasteiger partial charge in [0.25, 0.3) is 0 Å². The van der Waals surface area contributed by atoms with Crippen molar-refractivity contribution < 1.29 is 9.05 Å². The molecule has 4 nitrogen and oxygen atoms in total. The van der Waals surface area contributed by atoms with Gasteiger partial charge in [0.15, 0.2) is 0 Å². The van der Waals surface area contributed by atoms with Crippen molar-refractivity contribution >= 4 is 12.7 Å². The summed E-state index contributed by atoms with van der Waals surface area (Å²) in [6, 6.07) is 18.4. The van der Waals surface area contributed by atoms with Gasteiger partial charge >= 0.3 is 137 Å². The zero-order valence-electron chi connectivity index (χ0n) is 13.4. The van der Waals surface area contributed by atoms with E-state index in [1.165, 1.54) is 0 Å². The summed E-state index contributed by atoms with van der Waals surface area (Å²) in [5, 5.41) is 4.79. The number of para-hydroxylation sites is 2. The second-order valence-corrected chi connectivity index (χ2v) is 9.69. The molecule has 2 aromatic carbocycles. The number of hydrogen-bond donors (Lipinski definition) is 1. The number of nitrogens with zero attached hydrogens (tertiary/aromatic N) is 1. The van der Waals surface area contributed by atoms with Crippen molar-refractivity contribution in [3.63, 3.8) is 0 Å². The van der Waals surface area contributed by atoms with E-state index in [0.717, 1.165) is 49.3 Å². The molecule has 1 spiro atoms. The Hall–Kier alpha value is -1.61. The molecule has 2 aromatic rings. The second kappa shape index (κ2) is 5.48. The first-order valence-electron chi connectivity index (χ1n) is 8.35. The Morgan fingerprint density at radius 2 is 1.65 bits per heavy atom. The van der Waals surface area contributed by atoms with E-state index in [2.05, 4.69) is 40.9 Å². The second-order valence-electron chi connectivity index (χ2n) is 6.09. The van der Waals surface area contributed by atoms with Crippen LogP contribution < -0.4 is 19.4 Å². The van der Waals surface area contributed by atoms with Crippen molar-refractivity contribution in [1.82, 2.24) is 9.76 Å². The predicted molar refractivity (Wildman–Crippen MR) is 95.2 cm³/mol. The summed E-state index contributed by atoms with van der Waals surface area (Å²) >= 11 is 0. The molecule has 1 fully saturated rings. The van der Waals surface area contributed by atoms with E-state index in [4.69, 9.17) is 9.05 Å². The zero-order chi connectivity index (χ0) is 15.8. The molecule has 0 amide bonds. The normalized spacial score (nSPS) is 22.7. The maximum absolute atomic E-state index is 6.66.